The van der Waals surface area contributed by atoms with Gasteiger partial charge in [-0.1, -0.05) is 12.1 Å². The molecule has 122 valence electrons. The highest BCUT2D eigenvalue weighted by Gasteiger charge is 2.26. The Morgan fingerprint density at radius 3 is 2.32 bits per heavy atom. The van der Waals surface area contributed by atoms with Gasteiger partial charge in [0, 0.05) is 25.8 Å². The van der Waals surface area contributed by atoms with E-state index in [-0.39, 0.29) is 6.09 Å². The molecular formula is C18H28N2O2. The molecule has 0 spiro atoms. The van der Waals surface area contributed by atoms with Crippen molar-refractivity contribution in [2.75, 3.05) is 25.5 Å². The van der Waals surface area contributed by atoms with E-state index in [1.807, 2.05) is 32.7 Å². The van der Waals surface area contributed by atoms with E-state index in [0.29, 0.717) is 5.92 Å². The van der Waals surface area contributed by atoms with Crippen LogP contribution in [0.25, 0.3) is 0 Å². The molecule has 0 aromatic heterocycles. The molecular weight excluding hydrogens is 276 g/mol. The molecule has 1 fully saturated rings. The standard InChI is InChI=1S/C18H28N2O2/c1-18(2,3)22-17(21)20-11-9-15(10-12-20)13-14-5-7-16(19-4)8-6-14/h5-8,15,19H,9-13H2,1-4H3. The summed E-state index contributed by atoms with van der Waals surface area (Å²) in [5.74, 6) is 0.652. The van der Waals surface area contributed by atoms with Crippen molar-refractivity contribution in [3.63, 3.8) is 0 Å². The number of piperidine rings is 1. The second-order valence-corrected chi connectivity index (χ2v) is 7.06. The number of amides is 1. The highest BCUT2D eigenvalue weighted by atomic mass is 16.6. The van der Waals surface area contributed by atoms with Crippen LogP contribution in [0.1, 0.15) is 39.2 Å². The Balaban J connectivity index is 1.80. The lowest BCUT2D eigenvalue weighted by Crippen LogP contribution is -2.42. The minimum Gasteiger partial charge on any atom is -0.444 e. The Labute approximate surface area is 133 Å². The summed E-state index contributed by atoms with van der Waals surface area (Å²) in [6.07, 6.45) is 3.01. The van der Waals surface area contributed by atoms with Crippen LogP contribution in [0.3, 0.4) is 0 Å². The second kappa shape index (κ2) is 7.03. The average Bonchev–Trinajstić information content (AvgIpc) is 2.47. The summed E-state index contributed by atoms with van der Waals surface area (Å²) in [5.41, 5.74) is 2.10. The monoisotopic (exact) mass is 304 g/mol. The minimum atomic E-state index is -0.414. The number of likely N-dealkylation sites (tertiary alicyclic amines) is 1. The van der Waals surface area contributed by atoms with Crippen LogP contribution >= 0.6 is 0 Å². The molecule has 0 saturated carbocycles. The lowest BCUT2D eigenvalue weighted by atomic mass is 9.90. The topological polar surface area (TPSA) is 41.6 Å². The minimum absolute atomic E-state index is 0.177. The van der Waals surface area contributed by atoms with E-state index in [9.17, 15) is 4.79 Å². The molecule has 0 bridgehead atoms. The first-order chi connectivity index (χ1) is 10.4. The van der Waals surface area contributed by atoms with Crippen LogP contribution in [-0.4, -0.2) is 36.7 Å². The summed E-state index contributed by atoms with van der Waals surface area (Å²) < 4.78 is 5.44. The molecule has 22 heavy (non-hydrogen) atoms. The number of hydrogen-bond acceptors (Lipinski definition) is 3. The van der Waals surface area contributed by atoms with Crippen molar-refractivity contribution in [3.05, 3.63) is 29.8 Å². The highest BCUT2D eigenvalue weighted by molar-refractivity contribution is 5.68. The lowest BCUT2D eigenvalue weighted by molar-refractivity contribution is 0.0184. The third kappa shape index (κ3) is 4.93. The fourth-order valence-electron chi connectivity index (χ4n) is 2.79. The van der Waals surface area contributed by atoms with Crippen molar-refractivity contribution in [2.45, 2.75) is 45.6 Å². The summed E-state index contributed by atoms with van der Waals surface area (Å²) in [4.78, 5) is 13.9. The highest BCUT2D eigenvalue weighted by Crippen LogP contribution is 2.23. The molecule has 1 N–H and O–H groups in total. The van der Waals surface area contributed by atoms with Crippen LogP contribution < -0.4 is 5.32 Å². The van der Waals surface area contributed by atoms with E-state index in [2.05, 4.69) is 29.6 Å². The number of carbonyl (C=O) groups is 1. The van der Waals surface area contributed by atoms with Gasteiger partial charge in [-0.15, -0.1) is 0 Å². The Bertz CT molecular complexity index is 483. The maximum Gasteiger partial charge on any atom is 0.410 e. The fraction of sp³-hybridized carbons (Fsp3) is 0.611. The van der Waals surface area contributed by atoms with Gasteiger partial charge in [0.1, 0.15) is 5.60 Å². The maximum atomic E-state index is 12.0. The van der Waals surface area contributed by atoms with Crippen LogP contribution in [0, 0.1) is 5.92 Å². The van der Waals surface area contributed by atoms with Crippen molar-refractivity contribution < 1.29 is 9.53 Å². The van der Waals surface area contributed by atoms with Crippen LogP contribution in [0.2, 0.25) is 0 Å². The van der Waals surface area contributed by atoms with E-state index in [0.717, 1.165) is 38.0 Å². The molecule has 0 atom stereocenters. The zero-order valence-electron chi connectivity index (χ0n) is 14.2. The first-order valence-electron chi connectivity index (χ1n) is 8.12. The fourth-order valence-corrected chi connectivity index (χ4v) is 2.79. The summed E-state index contributed by atoms with van der Waals surface area (Å²) in [6, 6.07) is 8.61. The first-order valence-corrected chi connectivity index (χ1v) is 8.12. The van der Waals surface area contributed by atoms with E-state index in [4.69, 9.17) is 4.74 Å². The molecule has 0 aliphatic carbocycles. The van der Waals surface area contributed by atoms with Crippen molar-refractivity contribution in [1.82, 2.24) is 4.90 Å². The molecule has 4 heteroatoms. The molecule has 4 nitrogen and oxygen atoms in total. The van der Waals surface area contributed by atoms with Crippen molar-refractivity contribution >= 4 is 11.8 Å². The van der Waals surface area contributed by atoms with Gasteiger partial charge in [0.15, 0.2) is 0 Å². The van der Waals surface area contributed by atoms with E-state index in [1.54, 1.807) is 0 Å². The summed E-state index contributed by atoms with van der Waals surface area (Å²) in [6.45, 7) is 7.33. The van der Waals surface area contributed by atoms with Crippen LogP contribution in [0.5, 0.6) is 0 Å². The molecule has 1 aliphatic rings. The Morgan fingerprint density at radius 1 is 1.23 bits per heavy atom. The summed E-state index contributed by atoms with van der Waals surface area (Å²) >= 11 is 0. The molecule has 0 radical (unpaired) electrons. The van der Waals surface area contributed by atoms with Gasteiger partial charge < -0.3 is 15.0 Å². The molecule has 2 rings (SSSR count). The van der Waals surface area contributed by atoms with Gasteiger partial charge >= 0.3 is 6.09 Å². The molecule has 0 unspecified atom stereocenters. The number of hydrogen-bond donors (Lipinski definition) is 1. The Morgan fingerprint density at radius 2 is 1.82 bits per heavy atom. The number of carbonyl (C=O) groups excluding carboxylic acids is 1. The first kappa shape index (κ1) is 16.7. The maximum absolute atomic E-state index is 12.0. The van der Waals surface area contributed by atoms with Gasteiger partial charge in [-0.25, -0.2) is 4.79 Å². The van der Waals surface area contributed by atoms with E-state index in [1.165, 1.54) is 5.56 Å². The van der Waals surface area contributed by atoms with Crippen molar-refractivity contribution in [3.8, 4) is 0 Å². The quantitative estimate of drug-likeness (QED) is 0.920. The van der Waals surface area contributed by atoms with E-state index >= 15 is 0 Å². The number of nitrogens with one attached hydrogen (secondary N) is 1. The predicted molar refractivity (Wildman–Crippen MR) is 90.2 cm³/mol. The normalized spacial score (nSPS) is 16.5. The largest absolute Gasteiger partial charge is 0.444 e. The van der Waals surface area contributed by atoms with Crippen LogP contribution in [0.4, 0.5) is 10.5 Å². The zero-order chi connectivity index (χ0) is 16.2. The molecule has 1 aromatic rings. The Hall–Kier alpha value is -1.71. The number of rotatable bonds is 3. The smallest absolute Gasteiger partial charge is 0.410 e. The molecule has 1 heterocycles. The van der Waals surface area contributed by atoms with E-state index < -0.39 is 5.60 Å². The molecule has 1 aromatic carbocycles. The molecule has 1 aliphatic heterocycles. The van der Waals surface area contributed by atoms with Gasteiger partial charge in [0.05, 0.1) is 0 Å². The predicted octanol–water partition coefficient (Wildman–Crippen LogP) is 3.92. The number of benzene rings is 1. The third-order valence-corrected chi connectivity index (χ3v) is 4.03. The molecule has 1 saturated heterocycles. The number of anilines is 1. The Kier molecular flexibility index (Phi) is 5.33. The van der Waals surface area contributed by atoms with Crippen molar-refractivity contribution in [1.29, 1.82) is 0 Å². The number of ether oxygens (including phenoxy) is 1. The van der Waals surface area contributed by atoms with Gasteiger partial charge in [0.25, 0.3) is 0 Å². The van der Waals surface area contributed by atoms with Crippen LogP contribution in [0.15, 0.2) is 24.3 Å². The zero-order valence-corrected chi connectivity index (χ0v) is 14.2. The van der Waals surface area contributed by atoms with Gasteiger partial charge in [-0.05, 0) is 63.6 Å². The van der Waals surface area contributed by atoms with Crippen LogP contribution in [-0.2, 0) is 11.2 Å². The molecule has 1 amide bonds. The summed E-state index contributed by atoms with van der Waals surface area (Å²) in [5, 5.41) is 3.14. The third-order valence-electron chi connectivity index (χ3n) is 4.03. The second-order valence-electron chi connectivity index (χ2n) is 7.06. The average molecular weight is 304 g/mol. The number of nitrogens with zero attached hydrogens (tertiary/aromatic N) is 1. The van der Waals surface area contributed by atoms with Gasteiger partial charge in [-0.3, -0.25) is 0 Å². The SMILES string of the molecule is CNc1ccc(CC2CCN(C(=O)OC(C)(C)C)CC2)cc1. The van der Waals surface area contributed by atoms with Gasteiger partial charge in [-0.2, -0.15) is 0 Å². The lowest BCUT2D eigenvalue weighted by Gasteiger charge is -2.33. The van der Waals surface area contributed by atoms with Gasteiger partial charge in [0.2, 0.25) is 0 Å². The summed E-state index contributed by atoms with van der Waals surface area (Å²) in [7, 11) is 1.93. The van der Waals surface area contributed by atoms with Crippen molar-refractivity contribution in [2.24, 2.45) is 5.92 Å².